The maximum Gasteiger partial charge on any atom is 0.303 e. The molecule has 0 aliphatic carbocycles. The van der Waals surface area contributed by atoms with Crippen molar-refractivity contribution in [1.82, 2.24) is 19.5 Å². The van der Waals surface area contributed by atoms with Crippen LogP contribution in [0, 0.1) is 0 Å². The van der Waals surface area contributed by atoms with Gasteiger partial charge in [0.15, 0.2) is 16.9 Å². The van der Waals surface area contributed by atoms with Crippen molar-refractivity contribution >= 4 is 40.7 Å². The van der Waals surface area contributed by atoms with E-state index in [1.807, 2.05) is 0 Å². The molecule has 0 N–H and O–H groups in total. The minimum Gasteiger partial charge on any atom is -0.463 e. The molecule has 12 heteroatoms. The van der Waals surface area contributed by atoms with Crippen molar-refractivity contribution in [3.05, 3.63) is 17.8 Å². The molecule has 2 aromatic heterocycles. The Morgan fingerprint density at radius 3 is 2.52 bits per heavy atom. The first-order valence-electron chi connectivity index (χ1n) is 8.72. The van der Waals surface area contributed by atoms with Gasteiger partial charge in [0.05, 0.1) is 6.33 Å². The molecular formula is C17H19ClN4O7. The van der Waals surface area contributed by atoms with Gasteiger partial charge in [0.1, 0.15) is 36.9 Å². The Morgan fingerprint density at radius 2 is 1.86 bits per heavy atom. The van der Waals surface area contributed by atoms with Crippen LogP contribution in [-0.2, 0) is 33.3 Å². The molecule has 1 fully saturated rings. The number of esters is 3. The zero-order valence-corrected chi connectivity index (χ0v) is 16.7. The van der Waals surface area contributed by atoms with Gasteiger partial charge in [0.2, 0.25) is 0 Å². The molecule has 0 saturated carbocycles. The van der Waals surface area contributed by atoms with E-state index in [0.29, 0.717) is 11.2 Å². The van der Waals surface area contributed by atoms with Gasteiger partial charge in [0, 0.05) is 27.2 Å². The van der Waals surface area contributed by atoms with E-state index in [1.165, 1.54) is 33.4 Å². The van der Waals surface area contributed by atoms with Gasteiger partial charge in [0.25, 0.3) is 0 Å². The fourth-order valence-corrected chi connectivity index (χ4v) is 3.30. The van der Waals surface area contributed by atoms with Gasteiger partial charge in [-0.15, -0.1) is 0 Å². The van der Waals surface area contributed by atoms with Crippen molar-refractivity contribution in [2.24, 2.45) is 0 Å². The first-order valence-corrected chi connectivity index (χ1v) is 9.10. The van der Waals surface area contributed by atoms with E-state index in [9.17, 15) is 14.4 Å². The number of carbonyl (C=O) groups is 3. The van der Waals surface area contributed by atoms with Gasteiger partial charge >= 0.3 is 17.9 Å². The van der Waals surface area contributed by atoms with Crippen molar-refractivity contribution in [3.63, 3.8) is 0 Å². The monoisotopic (exact) mass is 426 g/mol. The third kappa shape index (κ3) is 4.80. The summed E-state index contributed by atoms with van der Waals surface area (Å²) >= 11 is 6.05. The number of hydrogen-bond donors (Lipinski definition) is 0. The summed E-state index contributed by atoms with van der Waals surface area (Å²) in [5, 5.41) is 0.176. The van der Waals surface area contributed by atoms with Crippen LogP contribution >= 0.6 is 11.6 Å². The Labute approximate surface area is 170 Å². The van der Waals surface area contributed by atoms with Crippen LogP contribution in [0.2, 0.25) is 5.15 Å². The quantitative estimate of drug-likeness (QED) is 0.390. The van der Waals surface area contributed by atoms with Gasteiger partial charge < -0.3 is 18.9 Å². The van der Waals surface area contributed by atoms with Crippen molar-refractivity contribution < 1.29 is 33.3 Å². The van der Waals surface area contributed by atoms with Gasteiger partial charge in [-0.25, -0.2) is 15.0 Å². The first kappa shape index (κ1) is 20.9. The van der Waals surface area contributed by atoms with Crippen LogP contribution in [-0.4, -0.2) is 62.3 Å². The first-order chi connectivity index (χ1) is 13.8. The Balaban J connectivity index is 1.95. The molecule has 11 nitrogen and oxygen atoms in total. The number of aromatic nitrogens is 4. The molecular weight excluding hydrogens is 408 g/mol. The van der Waals surface area contributed by atoms with E-state index >= 15 is 0 Å². The average molecular weight is 427 g/mol. The molecule has 0 aromatic carbocycles. The number of fused-ring (bicyclic) bond motifs is 1. The van der Waals surface area contributed by atoms with Crippen LogP contribution in [0.15, 0.2) is 12.7 Å². The normalized spacial score (nSPS) is 24.1. The summed E-state index contributed by atoms with van der Waals surface area (Å²) in [5.74, 6) is -1.68. The van der Waals surface area contributed by atoms with Crippen molar-refractivity contribution in [3.8, 4) is 0 Å². The Bertz CT molecular complexity index is 934. The molecule has 1 aliphatic heterocycles. The van der Waals surface area contributed by atoms with Gasteiger partial charge in [-0.1, -0.05) is 11.6 Å². The van der Waals surface area contributed by atoms with E-state index in [-0.39, 0.29) is 18.2 Å². The summed E-state index contributed by atoms with van der Waals surface area (Å²) in [6.45, 7) is 3.51. The van der Waals surface area contributed by atoms with E-state index in [2.05, 4.69) is 15.0 Å². The van der Waals surface area contributed by atoms with Gasteiger partial charge in [-0.3, -0.25) is 19.0 Å². The number of halogens is 1. The lowest BCUT2D eigenvalue weighted by Gasteiger charge is -2.40. The molecule has 156 valence electrons. The molecule has 2 aromatic rings. The highest BCUT2D eigenvalue weighted by atomic mass is 35.5. The van der Waals surface area contributed by atoms with Crippen molar-refractivity contribution in [2.45, 2.75) is 51.7 Å². The zero-order valence-electron chi connectivity index (χ0n) is 15.9. The molecule has 3 rings (SSSR count). The molecule has 0 amide bonds. The third-order valence-electron chi connectivity index (χ3n) is 4.19. The fraction of sp³-hybridized carbons (Fsp3) is 0.529. The predicted molar refractivity (Wildman–Crippen MR) is 96.6 cm³/mol. The zero-order chi connectivity index (χ0) is 21.1. The van der Waals surface area contributed by atoms with E-state index in [4.69, 9.17) is 30.5 Å². The number of imidazole rings is 1. The van der Waals surface area contributed by atoms with E-state index in [0.717, 1.165) is 0 Å². The molecule has 0 unspecified atom stereocenters. The standard InChI is InChI=1S/C17H19ClN4O7/c1-8(23)26-5-12-15(28-10(3)25)11(27-9(2)24)4-13(29-12)22-7-21-14-16(18)19-6-20-17(14)22/h6-7,11-13,15H,4-5H2,1-3H3/t11-,12-,13-,15-/m1/s1. The summed E-state index contributed by atoms with van der Waals surface area (Å²) in [6.07, 6.45) is -0.502. The fourth-order valence-electron chi connectivity index (χ4n) is 3.13. The van der Waals surface area contributed by atoms with Gasteiger partial charge in [-0.05, 0) is 0 Å². The van der Waals surface area contributed by atoms with Crippen LogP contribution in [0.1, 0.15) is 33.4 Å². The molecule has 0 radical (unpaired) electrons. The van der Waals surface area contributed by atoms with E-state index < -0.39 is 42.4 Å². The van der Waals surface area contributed by atoms with Gasteiger partial charge in [-0.2, -0.15) is 0 Å². The summed E-state index contributed by atoms with van der Waals surface area (Å²) in [4.78, 5) is 46.7. The van der Waals surface area contributed by atoms with E-state index in [1.54, 1.807) is 4.57 Å². The Hall–Kier alpha value is -2.79. The predicted octanol–water partition coefficient (Wildman–Crippen LogP) is 1.19. The number of rotatable bonds is 5. The Morgan fingerprint density at radius 1 is 1.14 bits per heavy atom. The molecule has 1 aliphatic rings. The second-order valence-electron chi connectivity index (χ2n) is 6.38. The highest BCUT2D eigenvalue weighted by Crippen LogP contribution is 2.34. The summed E-state index contributed by atoms with van der Waals surface area (Å²) in [7, 11) is 0. The highest BCUT2D eigenvalue weighted by molar-refractivity contribution is 6.33. The van der Waals surface area contributed by atoms with Crippen LogP contribution in [0.25, 0.3) is 11.2 Å². The minimum absolute atomic E-state index is 0.140. The molecule has 29 heavy (non-hydrogen) atoms. The van der Waals surface area contributed by atoms with Crippen LogP contribution in [0.3, 0.4) is 0 Å². The van der Waals surface area contributed by atoms with Crippen molar-refractivity contribution in [1.29, 1.82) is 0 Å². The van der Waals surface area contributed by atoms with Crippen LogP contribution in [0.5, 0.6) is 0 Å². The highest BCUT2D eigenvalue weighted by Gasteiger charge is 2.44. The average Bonchev–Trinajstić information content (AvgIpc) is 3.06. The van der Waals surface area contributed by atoms with Crippen LogP contribution in [0.4, 0.5) is 0 Å². The SMILES string of the molecule is CC(=O)OC[C@H]1O[C@@H](n2cnc3c(Cl)ncnc32)C[C@@H](OC(C)=O)[C@H]1OC(C)=O. The minimum atomic E-state index is -0.958. The Kier molecular flexibility index (Phi) is 6.28. The molecule has 0 spiro atoms. The van der Waals surface area contributed by atoms with Crippen molar-refractivity contribution in [2.75, 3.05) is 6.61 Å². The maximum absolute atomic E-state index is 11.6. The lowest BCUT2D eigenvalue weighted by atomic mass is 10.00. The maximum atomic E-state index is 11.6. The number of hydrogen-bond acceptors (Lipinski definition) is 10. The second kappa shape index (κ2) is 8.70. The summed E-state index contributed by atoms with van der Waals surface area (Å²) in [6, 6.07) is 0. The lowest BCUT2D eigenvalue weighted by Crippen LogP contribution is -2.52. The second-order valence-corrected chi connectivity index (χ2v) is 6.74. The molecule has 0 bridgehead atoms. The third-order valence-corrected chi connectivity index (χ3v) is 4.47. The topological polar surface area (TPSA) is 132 Å². The molecule has 1 saturated heterocycles. The largest absolute Gasteiger partial charge is 0.463 e. The number of carbonyl (C=O) groups excluding carboxylic acids is 3. The number of ether oxygens (including phenoxy) is 4. The lowest BCUT2D eigenvalue weighted by molar-refractivity contribution is -0.226. The summed E-state index contributed by atoms with van der Waals surface area (Å²) in [5.41, 5.74) is 0.786. The molecule has 3 heterocycles. The smallest absolute Gasteiger partial charge is 0.303 e. The molecule has 4 atom stereocenters. The summed E-state index contributed by atoms with van der Waals surface area (Å²) < 4.78 is 23.4. The number of nitrogens with zero attached hydrogens (tertiary/aromatic N) is 4. The van der Waals surface area contributed by atoms with Crippen LogP contribution < -0.4 is 0 Å².